The summed E-state index contributed by atoms with van der Waals surface area (Å²) >= 11 is 1.81. The standard InChI is InChI=1S/C21H21N3O2S/c1-15-10-13-24(18-8-4-5-9-19(18)27-15)20(25)11-12-23-14-22-17-7-3-2-6-16(17)21(23)26/h2-9,14-15H,10-13H2,1H3. The molecule has 3 aromatic rings. The number of hydrogen-bond acceptors (Lipinski definition) is 4. The van der Waals surface area contributed by atoms with Crippen LogP contribution in [-0.2, 0) is 11.3 Å². The van der Waals surface area contributed by atoms with Gasteiger partial charge in [0.2, 0.25) is 5.91 Å². The first-order valence-electron chi connectivity index (χ1n) is 9.14. The molecule has 0 N–H and O–H groups in total. The highest BCUT2D eigenvalue weighted by Crippen LogP contribution is 2.37. The van der Waals surface area contributed by atoms with Crippen molar-refractivity contribution in [3.63, 3.8) is 0 Å². The summed E-state index contributed by atoms with van der Waals surface area (Å²) in [5, 5.41) is 1.05. The Morgan fingerprint density at radius 1 is 1.19 bits per heavy atom. The van der Waals surface area contributed by atoms with E-state index in [1.165, 1.54) is 10.9 Å². The lowest BCUT2D eigenvalue weighted by molar-refractivity contribution is -0.118. The number of nitrogens with zero attached hydrogens (tertiary/aromatic N) is 3. The van der Waals surface area contributed by atoms with Gasteiger partial charge < -0.3 is 4.90 Å². The third-order valence-electron chi connectivity index (χ3n) is 4.84. The lowest BCUT2D eigenvalue weighted by Crippen LogP contribution is -2.33. The van der Waals surface area contributed by atoms with E-state index in [0.29, 0.717) is 29.2 Å². The molecular formula is C21H21N3O2S. The second-order valence-corrected chi connectivity index (χ2v) is 8.22. The summed E-state index contributed by atoms with van der Waals surface area (Å²) in [5.74, 6) is 0.0391. The lowest BCUT2D eigenvalue weighted by Gasteiger charge is -2.22. The van der Waals surface area contributed by atoms with Crippen LogP contribution < -0.4 is 10.5 Å². The summed E-state index contributed by atoms with van der Waals surface area (Å²) in [6, 6.07) is 15.3. The molecule has 0 spiro atoms. The molecule has 0 saturated carbocycles. The maximum atomic E-state index is 12.9. The Balaban J connectivity index is 1.55. The van der Waals surface area contributed by atoms with Gasteiger partial charge in [-0.15, -0.1) is 11.8 Å². The summed E-state index contributed by atoms with van der Waals surface area (Å²) in [5.41, 5.74) is 1.55. The van der Waals surface area contributed by atoms with Crippen molar-refractivity contribution in [2.24, 2.45) is 0 Å². The second-order valence-electron chi connectivity index (χ2n) is 6.74. The summed E-state index contributed by atoms with van der Waals surface area (Å²) in [6.45, 7) is 3.22. The predicted octanol–water partition coefficient (Wildman–Crippen LogP) is 3.70. The van der Waals surface area contributed by atoms with E-state index < -0.39 is 0 Å². The largest absolute Gasteiger partial charge is 0.311 e. The highest BCUT2D eigenvalue weighted by atomic mass is 32.2. The molecule has 2 heterocycles. The highest BCUT2D eigenvalue weighted by Gasteiger charge is 2.23. The molecular weight excluding hydrogens is 358 g/mol. The van der Waals surface area contributed by atoms with Crippen molar-refractivity contribution in [3.05, 3.63) is 65.2 Å². The smallest absolute Gasteiger partial charge is 0.261 e. The zero-order valence-electron chi connectivity index (χ0n) is 15.2. The second kappa shape index (κ2) is 7.56. The number of amides is 1. The van der Waals surface area contributed by atoms with E-state index in [0.717, 1.165) is 17.0 Å². The molecule has 1 atom stereocenters. The monoisotopic (exact) mass is 379 g/mol. The Hall–Kier alpha value is -2.60. The van der Waals surface area contributed by atoms with Gasteiger partial charge in [-0.25, -0.2) is 4.98 Å². The third kappa shape index (κ3) is 3.62. The van der Waals surface area contributed by atoms with Gasteiger partial charge in [0.05, 0.1) is 22.9 Å². The van der Waals surface area contributed by atoms with Gasteiger partial charge in [-0.05, 0) is 30.7 Å². The van der Waals surface area contributed by atoms with Crippen LogP contribution in [0, 0.1) is 0 Å². The Labute approximate surface area is 162 Å². The van der Waals surface area contributed by atoms with E-state index in [1.54, 1.807) is 6.07 Å². The zero-order valence-corrected chi connectivity index (χ0v) is 16.0. The third-order valence-corrected chi connectivity index (χ3v) is 6.08. The number of carbonyl (C=O) groups excluding carboxylic acids is 1. The summed E-state index contributed by atoms with van der Waals surface area (Å²) < 4.78 is 1.53. The van der Waals surface area contributed by atoms with Gasteiger partial charge in [0.25, 0.3) is 5.56 Å². The fraction of sp³-hybridized carbons (Fsp3) is 0.286. The number of para-hydroxylation sites is 2. The number of thioether (sulfide) groups is 1. The molecule has 27 heavy (non-hydrogen) atoms. The number of aryl methyl sites for hydroxylation is 1. The molecule has 0 radical (unpaired) electrons. The fourth-order valence-electron chi connectivity index (χ4n) is 3.36. The van der Waals surface area contributed by atoms with Gasteiger partial charge in [0.1, 0.15) is 0 Å². The highest BCUT2D eigenvalue weighted by molar-refractivity contribution is 8.00. The van der Waals surface area contributed by atoms with E-state index in [1.807, 2.05) is 53.1 Å². The predicted molar refractivity (Wildman–Crippen MR) is 109 cm³/mol. The first-order valence-corrected chi connectivity index (χ1v) is 10.0. The molecule has 0 bridgehead atoms. The maximum Gasteiger partial charge on any atom is 0.261 e. The van der Waals surface area contributed by atoms with Crippen LogP contribution in [0.2, 0.25) is 0 Å². The van der Waals surface area contributed by atoms with Crippen molar-refractivity contribution in [1.82, 2.24) is 9.55 Å². The molecule has 5 nitrogen and oxygen atoms in total. The Bertz CT molecular complexity index is 1050. The van der Waals surface area contributed by atoms with Crippen molar-refractivity contribution >= 4 is 34.3 Å². The van der Waals surface area contributed by atoms with E-state index >= 15 is 0 Å². The molecule has 2 aromatic carbocycles. The van der Waals surface area contributed by atoms with Gasteiger partial charge in [-0.3, -0.25) is 14.2 Å². The van der Waals surface area contributed by atoms with Crippen molar-refractivity contribution in [2.75, 3.05) is 11.4 Å². The molecule has 0 saturated heterocycles. The topological polar surface area (TPSA) is 55.2 Å². The van der Waals surface area contributed by atoms with Crippen LogP contribution in [0.25, 0.3) is 10.9 Å². The summed E-state index contributed by atoms with van der Waals surface area (Å²) in [7, 11) is 0. The van der Waals surface area contributed by atoms with Crippen LogP contribution in [0.4, 0.5) is 5.69 Å². The number of anilines is 1. The Kier molecular flexibility index (Phi) is 4.99. The zero-order chi connectivity index (χ0) is 18.8. The van der Waals surface area contributed by atoms with Crippen LogP contribution in [0.1, 0.15) is 19.8 Å². The minimum absolute atomic E-state index is 0.0391. The molecule has 0 fully saturated rings. The Morgan fingerprint density at radius 3 is 2.85 bits per heavy atom. The minimum Gasteiger partial charge on any atom is -0.311 e. The minimum atomic E-state index is -0.103. The number of aromatic nitrogens is 2. The van der Waals surface area contributed by atoms with Gasteiger partial charge in [0, 0.05) is 29.7 Å². The molecule has 138 valence electrons. The number of hydrogen-bond donors (Lipinski definition) is 0. The van der Waals surface area contributed by atoms with Gasteiger partial charge in [-0.1, -0.05) is 31.2 Å². The number of fused-ring (bicyclic) bond motifs is 2. The number of carbonyl (C=O) groups is 1. The average Bonchev–Trinajstić information content (AvgIpc) is 2.85. The molecule has 4 rings (SSSR count). The van der Waals surface area contributed by atoms with E-state index in [-0.39, 0.29) is 17.9 Å². The van der Waals surface area contributed by atoms with Crippen LogP contribution in [-0.4, -0.2) is 27.3 Å². The van der Waals surface area contributed by atoms with Crippen molar-refractivity contribution in [1.29, 1.82) is 0 Å². The van der Waals surface area contributed by atoms with Crippen LogP contribution in [0.3, 0.4) is 0 Å². The first-order chi connectivity index (χ1) is 13.1. The van der Waals surface area contributed by atoms with Crippen molar-refractivity contribution < 1.29 is 4.79 Å². The first kappa shape index (κ1) is 17.8. The van der Waals surface area contributed by atoms with Crippen LogP contribution in [0.15, 0.2) is 64.5 Å². The maximum absolute atomic E-state index is 12.9. The van der Waals surface area contributed by atoms with Gasteiger partial charge in [-0.2, -0.15) is 0 Å². The number of rotatable bonds is 3. The normalized spacial score (nSPS) is 16.8. The molecule has 1 aliphatic rings. The lowest BCUT2D eigenvalue weighted by atomic mass is 10.2. The number of benzene rings is 2. The van der Waals surface area contributed by atoms with E-state index in [2.05, 4.69) is 18.0 Å². The Morgan fingerprint density at radius 2 is 1.96 bits per heavy atom. The van der Waals surface area contributed by atoms with E-state index in [4.69, 9.17) is 0 Å². The van der Waals surface area contributed by atoms with Gasteiger partial charge >= 0.3 is 0 Å². The van der Waals surface area contributed by atoms with Gasteiger partial charge in [0.15, 0.2) is 0 Å². The quantitative estimate of drug-likeness (QED) is 0.696. The fourth-order valence-corrected chi connectivity index (χ4v) is 4.48. The SMILES string of the molecule is CC1CCN(C(=O)CCn2cnc3ccccc3c2=O)c2ccccc2S1. The molecule has 1 aromatic heterocycles. The van der Waals surface area contributed by atoms with E-state index in [9.17, 15) is 9.59 Å². The molecule has 1 aliphatic heterocycles. The molecule has 1 unspecified atom stereocenters. The van der Waals surface area contributed by atoms with Crippen molar-refractivity contribution in [3.8, 4) is 0 Å². The molecule has 0 aliphatic carbocycles. The van der Waals surface area contributed by atoms with Crippen LogP contribution >= 0.6 is 11.8 Å². The summed E-state index contributed by atoms with van der Waals surface area (Å²) in [6.07, 6.45) is 2.75. The van der Waals surface area contributed by atoms with Crippen LogP contribution in [0.5, 0.6) is 0 Å². The average molecular weight is 379 g/mol. The molecule has 6 heteroatoms. The molecule has 1 amide bonds. The van der Waals surface area contributed by atoms with Crippen molar-refractivity contribution in [2.45, 2.75) is 36.5 Å². The summed E-state index contributed by atoms with van der Waals surface area (Å²) in [4.78, 5) is 32.9.